The van der Waals surface area contributed by atoms with Crippen molar-refractivity contribution in [3.63, 3.8) is 0 Å². The molecule has 0 radical (unpaired) electrons. The zero-order valence-corrected chi connectivity index (χ0v) is 8.07. The Kier molecular flexibility index (Phi) is 2.25. The van der Waals surface area contributed by atoms with Crippen LogP contribution in [0, 0.1) is 11.6 Å². The van der Waals surface area contributed by atoms with Gasteiger partial charge in [0.05, 0.1) is 12.4 Å². The summed E-state index contributed by atoms with van der Waals surface area (Å²) in [5.74, 6) is -1.43. The molecule has 0 saturated carbocycles. The van der Waals surface area contributed by atoms with Crippen LogP contribution in [0.3, 0.4) is 0 Å². The summed E-state index contributed by atoms with van der Waals surface area (Å²) < 4.78 is 25.8. The van der Waals surface area contributed by atoms with E-state index in [-0.39, 0.29) is 21.1 Å². The van der Waals surface area contributed by atoms with Gasteiger partial charge in [-0.15, -0.1) is 0 Å². The molecule has 0 saturated heterocycles. The van der Waals surface area contributed by atoms with Crippen LogP contribution < -0.4 is 0 Å². The molecule has 2 aromatic heterocycles. The summed E-state index contributed by atoms with van der Waals surface area (Å²) in [6.45, 7) is 0. The number of nitrogens with zero attached hydrogens (tertiary/aromatic N) is 2. The molecule has 0 fully saturated rings. The first-order valence-corrected chi connectivity index (χ1v) is 4.30. The van der Waals surface area contributed by atoms with Crippen molar-refractivity contribution in [3.8, 4) is 0 Å². The van der Waals surface area contributed by atoms with Gasteiger partial charge in [0, 0.05) is 0 Å². The highest BCUT2D eigenvalue weighted by Crippen LogP contribution is 2.28. The monoisotopic (exact) mass is 234 g/mol. The molecule has 0 aliphatic carbocycles. The summed E-state index contributed by atoms with van der Waals surface area (Å²) in [7, 11) is 0. The van der Waals surface area contributed by atoms with Gasteiger partial charge in [-0.25, -0.2) is 18.7 Å². The van der Waals surface area contributed by atoms with Crippen LogP contribution in [0.15, 0.2) is 12.4 Å². The predicted molar refractivity (Wildman–Crippen MR) is 49.5 cm³/mol. The van der Waals surface area contributed by atoms with Crippen molar-refractivity contribution in [2.45, 2.75) is 0 Å². The van der Waals surface area contributed by atoms with Crippen molar-refractivity contribution < 1.29 is 8.78 Å². The number of hydrogen-bond donors (Lipinski definition) is 0. The van der Waals surface area contributed by atoms with Crippen molar-refractivity contribution in [1.29, 1.82) is 0 Å². The average Bonchev–Trinajstić information content (AvgIpc) is 2.17. The molecule has 2 rings (SSSR count). The molecule has 2 aromatic rings. The Morgan fingerprint density at radius 2 is 1.21 bits per heavy atom. The van der Waals surface area contributed by atoms with Gasteiger partial charge in [0.25, 0.3) is 0 Å². The van der Waals surface area contributed by atoms with Gasteiger partial charge in [-0.2, -0.15) is 0 Å². The Labute approximate surface area is 87.5 Å². The molecular weight excluding hydrogens is 233 g/mol. The zero-order valence-electron chi connectivity index (χ0n) is 6.56. The van der Waals surface area contributed by atoms with Gasteiger partial charge < -0.3 is 0 Å². The number of halogens is 4. The van der Waals surface area contributed by atoms with Gasteiger partial charge in [0.15, 0.2) is 11.6 Å². The van der Waals surface area contributed by atoms with Crippen molar-refractivity contribution in [2.24, 2.45) is 0 Å². The van der Waals surface area contributed by atoms with E-state index in [0.717, 1.165) is 12.4 Å². The summed E-state index contributed by atoms with van der Waals surface area (Å²) in [5.41, 5.74) is 0.108. The fourth-order valence-corrected chi connectivity index (χ4v) is 1.40. The van der Waals surface area contributed by atoms with Crippen LogP contribution in [0.4, 0.5) is 8.78 Å². The van der Waals surface area contributed by atoms with Crippen LogP contribution in [0.2, 0.25) is 10.0 Å². The summed E-state index contributed by atoms with van der Waals surface area (Å²) in [6.07, 6.45) is 1.75. The lowest BCUT2D eigenvalue weighted by molar-refractivity contribution is 0.618. The van der Waals surface area contributed by atoms with Crippen molar-refractivity contribution in [1.82, 2.24) is 9.97 Å². The molecule has 0 N–H and O–H groups in total. The zero-order chi connectivity index (χ0) is 10.3. The van der Waals surface area contributed by atoms with E-state index in [1.165, 1.54) is 0 Å². The summed E-state index contributed by atoms with van der Waals surface area (Å²) in [6, 6.07) is 0. The molecule has 0 aliphatic rings. The Morgan fingerprint density at radius 3 is 1.57 bits per heavy atom. The Balaban J connectivity index is 2.94. The summed E-state index contributed by atoms with van der Waals surface area (Å²) in [4.78, 5) is 7.22. The normalized spacial score (nSPS) is 10.9. The van der Waals surface area contributed by atoms with Gasteiger partial charge in [0.2, 0.25) is 0 Å². The van der Waals surface area contributed by atoms with Crippen molar-refractivity contribution in [2.75, 3.05) is 0 Å². The molecule has 0 bridgehead atoms. The summed E-state index contributed by atoms with van der Waals surface area (Å²) >= 11 is 11.2. The maximum absolute atomic E-state index is 12.9. The highest BCUT2D eigenvalue weighted by atomic mass is 35.5. The first-order chi connectivity index (χ1) is 6.61. The third kappa shape index (κ3) is 1.31. The van der Waals surface area contributed by atoms with E-state index in [2.05, 4.69) is 9.97 Å². The van der Waals surface area contributed by atoms with Crippen LogP contribution in [-0.4, -0.2) is 9.97 Å². The molecular formula is C8H2Cl2F2N2. The largest absolute Gasteiger partial charge is 0.250 e. The minimum Gasteiger partial charge on any atom is -0.250 e. The smallest absolute Gasteiger partial charge is 0.162 e. The molecule has 0 amide bonds. The minimum absolute atomic E-state index is 0.0538. The first kappa shape index (κ1) is 9.55. The molecule has 0 atom stereocenters. The fourth-order valence-electron chi connectivity index (χ4n) is 1.03. The Bertz CT molecular complexity index is 469. The molecule has 2 nitrogen and oxygen atoms in total. The lowest BCUT2D eigenvalue weighted by Gasteiger charge is -2.01. The highest BCUT2D eigenvalue weighted by Gasteiger charge is 2.13. The second-order valence-electron chi connectivity index (χ2n) is 2.54. The molecule has 0 spiro atoms. The number of hydrogen-bond acceptors (Lipinski definition) is 2. The average molecular weight is 235 g/mol. The minimum atomic E-state index is -0.714. The van der Waals surface area contributed by atoms with E-state index < -0.39 is 11.6 Å². The van der Waals surface area contributed by atoms with Gasteiger partial charge in [0.1, 0.15) is 21.1 Å². The van der Waals surface area contributed by atoms with Gasteiger partial charge in [-0.05, 0) is 0 Å². The van der Waals surface area contributed by atoms with Crippen LogP contribution in [0.5, 0.6) is 0 Å². The van der Waals surface area contributed by atoms with E-state index in [1.807, 2.05) is 0 Å². The van der Waals surface area contributed by atoms with E-state index in [0.29, 0.717) is 0 Å². The maximum atomic E-state index is 12.9. The Hall–Kier alpha value is -1.00. The quantitative estimate of drug-likeness (QED) is 0.700. The second-order valence-corrected chi connectivity index (χ2v) is 3.29. The lowest BCUT2D eigenvalue weighted by Crippen LogP contribution is -1.91. The number of pyridine rings is 2. The SMILES string of the molecule is Fc1cnc2c(Cl)c(F)cnc2c1Cl. The van der Waals surface area contributed by atoms with Crippen LogP contribution in [-0.2, 0) is 0 Å². The van der Waals surface area contributed by atoms with Crippen LogP contribution in [0.1, 0.15) is 0 Å². The highest BCUT2D eigenvalue weighted by molar-refractivity contribution is 6.38. The van der Waals surface area contributed by atoms with E-state index in [9.17, 15) is 8.78 Å². The van der Waals surface area contributed by atoms with Crippen LogP contribution in [0.25, 0.3) is 11.0 Å². The second kappa shape index (κ2) is 3.29. The van der Waals surface area contributed by atoms with E-state index in [4.69, 9.17) is 23.2 Å². The van der Waals surface area contributed by atoms with Gasteiger partial charge in [-0.3, -0.25) is 0 Å². The molecule has 0 aromatic carbocycles. The lowest BCUT2D eigenvalue weighted by atomic mass is 10.3. The molecule has 72 valence electrons. The first-order valence-electron chi connectivity index (χ1n) is 3.55. The molecule has 0 aliphatic heterocycles. The fraction of sp³-hybridized carbons (Fsp3) is 0. The maximum Gasteiger partial charge on any atom is 0.162 e. The van der Waals surface area contributed by atoms with E-state index >= 15 is 0 Å². The van der Waals surface area contributed by atoms with Crippen LogP contribution >= 0.6 is 23.2 Å². The molecule has 0 unspecified atom stereocenters. The topological polar surface area (TPSA) is 25.8 Å². The standard InChI is InChI=1S/C8H2Cl2F2N2/c9-5-3(11)1-13-7-6(10)4(12)2-14-8(5)7/h1-2H. The van der Waals surface area contributed by atoms with Gasteiger partial charge in [-0.1, -0.05) is 23.2 Å². The molecule has 14 heavy (non-hydrogen) atoms. The molecule has 6 heteroatoms. The van der Waals surface area contributed by atoms with E-state index in [1.54, 1.807) is 0 Å². The van der Waals surface area contributed by atoms with Crippen molar-refractivity contribution >= 4 is 34.2 Å². The molecule has 2 heterocycles. The number of rotatable bonds is 0. The van der Waals surface area contributed by atoms with Crippen molar-refractivity contribution in [3.05, 3.63) is 34.1 Å². The third-order valence-electron chi connectivity index (χ3n) is 1.67. The Morgan fingerprint density at radius 1 is 0.857 bits per heavy atom. The third-order valence-corrected chi connectivity index (χ3v) is 2.39. The number of fused-ring (bicyclic) bond motifs is 1. The van der Waals surface area contributed by atoms with Gasteiger partial charge >= 0.3 is 0 Å². The summed E-state index contributed by atoms with van der Waals surface area (Å²) in [5, 5.41) is -0.422. The number of aromatic nitrogens is 2. The predicted octanol–water partition coefficient (Wildman–Crippen LogP) is 3.21.